The molecule has 100 valence electrons. The van der Waals surface area contributed by atoms with Crippen molar-refractivity contribution in [2.75, 3.05) is 36.1 Å². The highest BCUT2D eigenvalue weighted by Gasteiger charge is 2.29. The fraction of sp³-hybridized carbons (Fsp3) is 0.692. The number of nitrogens with one attached hydrogen (secondary N) is 1. The van der Waals surface area contributed by atoms with Gasteiger partial charge in [-0.3, -0.25) is 0 Å². The number of rotatable bonds is 2. The Morgan fingerprint density at radius 2 is 2.00 bits per heavy atom. The number of thioether (sulfide) groups is 1. The summed E-state index contributed by atoms with van der Waals surface area (Å²) in [6.07, 6.45) is 0. The molecule has 5 heteroatoms. The molecule has 1 aromatic rings. The summed E-state index contributed by atoms with van der Waals surface area (Å²) in [5.74, 6) is 4.01. The van der Waals surface area contributed by atoms with E-state index >= 15 is 0 Å². The minimum Gasteiger partial charge on any atom is -0.373 e. The van der Waals surface area contributed by atoms with Gasteiger partial charge >= 0.3 is 0 Å². The van der Waals surface area contributed by atoms with Gasteiger partial charge in [-0.15, -0.1) is 0 Å². The molecule has 0 unspecified atom stereocenters. The second-order valence-electron chi connectivity index (χ2n) is 5.35. The van der Waals surface area contributed by atoms with Gasteiger partial charge < -0.3 is 10.2 Å². The normalized spacial score (nSPS) is 18.8. The Labute approximate surface area is 114 Å². The highest BCUT2D eigenvalue weighted by Crippen LogP contribution is 2.33. The summed E-state index contributed by atoms with van der Waals surface area (Å²) in [6, 6.07) is 0. The fourth-order valence-corrected chi connectivity index (χ4v) is 3.47. The molecule has 0 radical (unpaired) electrons. The quantitative estimate of drug-likeness (QED) is 0.890. The van der Waals surface area contributed by atoms with Crippen LogP contribution in [0.5, 0.6) is 0 Å². The Balaban J connectivity index is 2.35. The lowest BCUT2D eigenvalue weighted by Crippen LogP contribution is -2.44. The van der Waals surface area contributed by atoms with E-state index in [2.05, 4.69) is 41.0 Å². The third-order valence-corrected chi connectivity index (χ3v) is 4.49. The van der Waals surface area contributed by atoms with Crippen molar-refractivity contribution < 1.29 is 0 Å². The van der Waals surface area contributed by atoms with E-state index in [1.807, 2.05) is 25.7 Å². The second-order valence-corrected chi connectivity index (χ2v) is 7.15. The van der Waals surface area contributed by atoms with E-state index in [0.29, 0.717) is 4.75 Å². The average Bonchev–Trinajstić information content (AvgIpc) is 2.30. The molecule has 1 aliphatic heterocycles. The summed E-state index contributed by atoms with van der Waals surface area (Å²) >= 11 is 2.04. The van der Waals surface area contributed by atoms with Gasteiger partial charge in [-0.1, -0.05) is 0 Å². The minimum absolute atomic E-state index is 0.295. The van der Waals surface area contributed by atoms with Gasteiger partial charge in [0.2, 0.25) is 0 Å². The number of aromatic nitrogens is 2. The zero-order valence-electron chi connectivity index (χ0n) is 11.9. The summed E-state index contributed by atoms with van der Waals surface area (Å²) in [5.41, 5.74) is 1.14. The largest absolute Gasteiger partial charge is 0.373 e. The standard InChI is InChI=1S/C13H22N4S/c1-9-11(14-5)15-10(2)16-12(9)17-6-7-18-13(3,4)8-17/h6-8H2,1-5H3,(H,14,15,16). The van der Waals surface area contributed by atoms with E-state index in [1.54, 1.807) is 0 Å². The zero-order valence-corrected chi connectivity index (χ0v) is 12.7. The molecule has 1 saturated heterocycles. The molecule has 0 bridgehead atoms. The summed E-state index contributed by atoms with van der Waals surface area (Å²) in [4.78, 5) is 11.5. The van der Waals surface area contributed by atoms with Crippen LogP contribution in [-0.4, -0.2) is 40.6 Å². The van der Waals surface area contributed by atoms with Crippen LogP contribution in [0.15, 0.2) is 0 Å². The summed E-state index contributed by atoms with van der Waals surface area (Å²) in [5, 5.41) is 3.15. The molecular formula is C13H22N4S. The fourth-order valence-electron chi connectivity index (χ4n) is 2.36. The van der Waals surface area contributed by atoms with Gasteiger partial charge in [0.05, 0.1) is 0 Å². The first-order valence-corrected chi connectivity index (χ1v) is 7.33. The van der Waals surface area contributed by atoms with Gasteiger partial charge in [-0.2, -0.15) is 11.8 Å². The molecule has 2 heterocycles. The molecule has 18 heavy (non-hydrogen) atoms. The number of anilines is 2. The maximum atomic E-state index is 4.64. The number of hydrogen-bond acceptors (Lipinski definition) is 5. The molecule has 1 N–H and O–H groups in total. The lowest BCUT2D eigenvalue weighted by atomic mass is 10.1. The molecule has 0 saturated carbocycles. The lowest BCUT2D eigenvalue weighted by molar-refractivity contribution is 0.639. The second kappa shape index (κ2) is 4.96. The summed E-state index contributed by atoms with van der Waals surface area (Å²) < 4.78 is 0.295. The predicted octanol–water partition coefficient (Wildman–Crippen LogP) is 2.47. The van der Waals surface area contributed by atoms with Gasteiger partial charge in [0.25, 0.3) is 0 Å². The average molecular weight is 266 g/mol. The molecule has 2 rings (SSSR count). The molecule has 1 fully saturated rings. The van der Waals surface area contributed by atoms with Gasteiger partial charge in [0.1, 0.15) is 17.5 Å². The van der Waals surface area contributed by atoms with Crippen LogP contribution in [-0.2, 0) is 0 Å². The van der Waals surface area contributed by atoms with Gasteiger partial charge in [-0.25, -0.2) is 9.97 Å². The topological polar surface area (TPSA) is 41.1 Å². The van der Waals surface area contributed by atoms with Gasteiger partial charge in [0.15, 0.2) is 0 Å². The molecule has 0 aromatic carbocycles. The Morgan fingerprint density at radius 3 is 2.61 bits per heavy atom. The van der Waals surface area contributed by atoms with Crippen LogP contribution in [0.3, 0.4) is 0 Å². The van der Waals surface area contributed by atoms with Crippen LogP contribution < -0.4 is 10.2 Å². The van der Waals surface area contributed by atoms with Crippen molar-refractivity contribution in [2.45, 2.75) is 32.4 Å². The van der Waals surface area contributed by atoms with Crippen LogP contribution in [0.4, 0.5) is 11.6 Å². The van der Waals surface area contributed by atoms with Crippen LogP contribution in [0.2, 0.25) is 0 Å². The molecule has 1 aromatic heterocycles. The van der Waals surface area contributed by atoms with Crippen LogP contribution in [0, 0.1) is 13.8 Å². The monoisotopic (exact) mass is 266 g/mol. The van der Waals surface area contributed by atoms with Crippen molar-refractivity contribution in [3.05, 3.63) is 11.4 Å². The van der Waals surface area contributed by atoms with Crippen LogP contribution in [0.25, 0.3) is 0 Å². The predicted molar refractivity (Wildman–Crippen MR) is 79.8 cm³/mol. The third kappa shape index (κ3) is 2.71. The van der Waals surface area contributed by atoms with E-state index in [1.165, 1.54) is 0 Å². The van der Waals surface area contributed by atoms with Crippen molar-refractivity contribution in [1.29, 1.82) is 0 Å². The minimum atomic E-state index is 0.295. The van der Waals surface area contributed by atoms with Gasteiger partial charge in [0, 0.05) is 36.2 Å². The molecule has 1 aliphatic rings. The zero-order chi connectivity index (χ0) is 13.3. The first-order chi connectivity index (χ1) is 8.43. The van der Waals surface area contributed by atoms with E-state index in [4.69, 9.17) is 0 Å². The highest BCUT2D eigenvalue weighted by atomic mass is 32.2. The smallest absolute Gasteiger partial charge is 0.137 e. The molecule has 0 spiro atoms. The number of nitrogens with zero attached hydrogens (tertiary/aromatic N) is 3. The van der Waals surface area contributed by atoms with E-state index in [-0.39, 0.29) is 0 Å². The molecule has 0 aliphatic carbocycles. The Kier molecular flexibility index (Phi) is 3.71. The molecular weight excluding hydrogens is 244 g/mol. The highest BCUT2D eigenvalue weighted by molar-refractivity contribution is 8.00. The maximum Gasteiger partial charge on any atom is 0.137 e. The maximum absolute atomic E-state index is 4.64. The van der Waals surface area contributed by atoms with Gasteiger partial charge in [-0.05, 0) is 27.7 Å². The molecule has 0 atom stereocenters. The van der Waals surface area contributed by atoms with Crippen LogP contribution >= 0.6 is 11.8 Å². The Morgan fingerprint density at radius 1 is 1.28 bits per heavy atom. The van der Waals surface area contributed by atoms with E-state index < -0.39 is 0 Å². The van der Waals surface area contributed by atoms with Crippen molar-refractivity contribution >= 4 is 23.4 Å². The SMILES string of the molecule is CNc1nc(C)nc(N2CCSC(C)(C)C2)c1C. The summed E-state index contributed by atoms with van der Waals surface area (Å²) in [7, 11) is 1.91. The van der Waals surface area contributed by atoms with E-state index in [0.717, 1.165) is 41.9 Å². The number of aryl methyl sites for hydroxylation is 1. The molecule has 4 nitrogen and oxygen atoms in total. The Bertz CT molecular complexity index is 445. The van der Waals surface area contributed by atoms with Crippen molar-refractivity contribution in [1.82, 2.24) is 9.97 Å². The van der Waals surface area contributed by atoms with Crippen molar-refractivity contribution in [3.63, 3.8) is 0 Å². The van der Waals surface area contributed by atoms with Crippen LogP contribution in [0.1, 0.15) is 25.2 Å². The van der Waals surface area contributed by atoms with E-state index in [9.17, 15) is 0 Å². The first-order valence-electron chi connectivity index (χ1n) is 6.35. The third-order valence-electron chi connectivity index (χ3n) is 3.19. The Hall–Kier alpha value is -0.970. The summed E-state index contributed by atoms with van der Waals surface area (Å²) in [6.45, 7) is 10.7. The molecule has 0 amide bonds. The van der Waals surface area contributed by atoms with Crippen molar-refractivity contribution in [2.24, 2.45) is 0 Å². The van der Waals surface area contributed by atoms with Crippen molar-refractivity contribution in [3.8, 4) is 0 Å². The lowest BCUT2D eigenvalue weighted by Gasteiger charge is -2.39. The first kappa shape index (κ1) is 13.5. The number of hydrogen-bond donors (Lipinski definition) is 1.